The maximum Gasteiger partial charge on any atom is 0.416 e. The molecule has 1 nitrogen and oxygen atoms in total. The third-order valence-corrected chi connectivity index (χ3v) is 3.69. The molecule has 4 heteroatoms. The van der Waals surface area contributed by atoms with Crippen molar-refractivity contribution in [1.82, 2.24) is 0 Å². The van der Waals surface area contributed by atoms with Gasteiger partial charge >= 0.3 is 6.18 Å². The van der Waals surface area contributed by atoms with Gasteiger partial charge < -0.3 is 5.32 Å². The average Bonchev–Trinajstić information content (AvgIpc) is 2.39. The van der Waals surface area contributed by atoms with Gasteiger partial charge in [0.05, 0.1) is 5.56 Å². The minimum Gasteiger partial charge on any atom is -0.385 e. The van der Waals surface area contributed by atoms with E-state index in [0.717, 1.165) is 37.4 Å². The molecule has 0 aliphatic rings. The summed E-state index contributed by atoms with van der Waals surface area (Å²) in [6, 6.07) is 3.87. The van der Waals surface area contributed by atoms with Crippen molar-refractivity contribution >= 4 is 5.69 Å². The largest absolute Gasteiger partial charge is 0.416 e. The summed E-state index contributed by atoms with van der Waals surface area (Å²) in [5, 5.41) is 3.19. The summed E-state index contributed by atoms with van der Waals surface area (Å²) >= 11 is 0. The number of unbranched alkanes of at least 4 members (excludes halogenated alkanes) is 1. The molecule has 0 aromatic heterocycles. The molecule has 0 aliphatic heterocycles. The second kappa shape index (κ2) is 7.55. The first-order chi connectivity index (χ1) is 9.38. The molecular weight excluding hydrogens is 263 g/mol. The lowest BCUT2D eigenvalue weighted by Gasteiger charge is -2.18. The van der Waals surface area contributed by atoms with Gasteiger partial charge in [0.2, 0.25) is 0 Å². The maximum absolute atomic E-state index is 12.7. The lowest BCUT2D eigenvalue weighted by molar-refractivity contribution is -0.137. The van der Waals surface area contributed by atoms with Crippen LogP contribution in [0.2, 0.25) is 0 Å². The van der Waals surface area contributed by atoms with E-state index < -0.39 is 11.7 Å². The zero-order valence-corrected chi connectivity index (χ0v) is 12.5. The van der Waals surface area contributed by atoms with Crippen LogP contribution in [0.3, 0.4) is 0 Å². The molecule has 0 saturated heterocycles. The van der Waals surface area contributed by atoms with Crippen molar-refractivity contribution in [2.75, 3.05) is 11.9 Å². The number of nitrogens with one attached hydrogen (secondary N) is 1. The van der Waals surface area contributed by atoms with E-state index in [1.807, 2.05) is 6.92 Å². The summed E-state index contributed by atoms with van der Waals surface area (Å²) in [5.74, 6) is 0.517. The van der Waals surface area contributed by atoms with Gasteiger partial charge in [0.1, 0.15) is 0 Å². The van der Waals surface area contributed by atoms with Crippen LogP contribution in [-0.4, -0.2) is 6.54 Å². The van der Waals surface area contributed by atoms with Gasteiger partial charge in [-0.15, -0.1) is 0 Å². The number of benzene rings is 1. The van der Waals surface area contributed by atoms with Crippen molar-refractivity contribution in [3.63, 3.8) is 0 Å². The molecule has 0 fully saturated rings. The summed E-state index contributed by atoms with van der Waals surface area (Å²) in [6.45, 7) is 6.84. The highest BCUT2D eigenvalue weighted by Gasteiger charge is 2.30. The van der Waals surface area contributed by atoms with Crippen LogP contribution in [0.1, 0.15) is 50.7 Å². The highest BCUT2D eigenvalue weighted by molar-refractivity contribution is 5.53. The van der Waals surface area contributed by atoms with Crippen molar-refractivity contribution in [3.8, 4) is 0 Å². The fourth-order valence-corrected chi connectivity index (χ4v) is 2.19. The van der Waals surface area contributed by atoms with Crippen LogP contribution in [0.4, 0.5) is 18.9 Å². The van der Waals surface area contributed by atoms with E-state index in [9.17, 15) is 13.2 Å². The van der Waals surface area contributed by atoms with Gasteiger partial charge in [-0.1, -0.05) is 39.2 Å². The first kappa shape index (κ1) is 16.9. The second-order valence-corrected chi connectivity index (χ2v) is 5.32. The topological polar surface area (TPSA) is 12.0 Å². The predicted octanol–water partition coefficient (Wildman–Crippen LogP) is 5.64. The van der Waals surface area contributed by atoms with Gasteiger partial charge in [-0.25, -0.2) is 0 Å². The molecule has 20 heavy (non-hydrogen) atoms. The van der Waals surface area contributed by atoms with Crippen molar-refractivity contribution in [3.05, 3.63) is 29.3 Å². The molecule has 1 N–H and O–H groups in total. The first-order valence-corrected chi connectivity index (χ1v) is 7.30. The summed E-state index contributed by atoms with van der Waals surface area (Å²) in [5.41, 5.74) is 0.852. The van der Waals surface area contributed by atoms with E-state index in [2.05, 4.69) is 19.2 Å². The summed E-state index contributed by atoms with van der Waals surface area (Å²) in [4.78, 5) is 0. The Labute approximate surface area is 119 Å². The second-order valence-electron chi connectivity index (χ2n) is 5.32. The molecule has 0 bridgehead atoms. The summed E-state index contributed by atoms with van der Waals surface area (Å²) in [6.07, 6.45) is 0.209. The van der Waals surface area contributed by atoms with Gasteiger partial charge in [-0.3, -0.25) is 0 Å². The van der Waals surface area contributed by atoms with Crippen LogP contribution in [-0.2, 0) is 6.18 Å². The van der Waals surface area contributed by atoms with E-state index in [4.69, 9.17) is 0 Å². The molecule has 0 radical (unpaired) electrons. The van der Waals surface area contributed by atoms with Crippen LogP contribution in [0.5, 0.6) is 0 Å². The Bertz CT molecular complexity index is 413. The molecule has 0 saturated carbocycles. The van der Waals surface area contributed by atoms with Crippen LogP contribution >= 0.6 is 0 Å². The predicted molar refractivity (Wildman–Crippen MR) is 78.0 cm³/mol. The van der Waals surface area contributed by atoms with Crippen molar-refractivity contribution in [2.24, 2.45) is 5.92 Å². The van der Waals surface area contributed by atoms with Gasteiger partial charge in [0, 0.05) is 12.2 Å². The summed E-state index contributed by atoms with van der Waals surface area (Å²) < 4.78 is 38.1. The Kier molecular flexibility index (Phi) is 6.37. The average molecular weight is 287 g/mol. The molecule has 0 heterocycles. The van der Waals surface area contributed by atoms with Crippen LogP contribution in [0.15, 0.2) is 18.2 Å². The van der Waals surface area contributed by atoms with E-state index in [1.165, 1.54) is 18.6 Å². The van der Waals surface area contributed by atoms with E-state index in [1.54, 1.807) is 0 Å². The number of hydrogen-bond donors (Lipinski definition) is 1. The molecule has 114 valence electrons. The van der Waals surface area contributed by atoms with Crippen LogP contribution < -0.4 is 5.32 Å². The quantitative estimate of drug-likeness (QED) is 0.684. The molecule has 1 aromatic rings. The Morgan fingerprint density at radius 2 is 1.90 bits per heavy atom. The lowest BCUT2D eigenvalue weighted by Crippen LogP contribution is -2.15. The third-order valence-electron chi connectivity index (χ3n) is 3.69. The van der Waals surface area contributed by atoms with Crippen molar-refractivity contribution in [1.29, 1.82) is 0 Å². The van der Waals surface area contributed by atoms with Gasteiger partial charge in [-0.2, -0.15) is 13.2 Å². The number of halogens is 3. The van der Waals surface area contributed by atoms with E-state index in [0.29, 0.717) is 11.6 Å². The van der Waals surface area contributed by atoms with Crippen molar-refractivity contribution in [2.45, 2.75) is 52.6 Å². The normalized spacial score (nSPS) is 13.3. The molecule has 1 rings (SSSR count). The number of rotatable bonds is 7. The zero-order valence-electron chi connectivity index (χ0n) is 12.5. The fraction of sp³-hybridized carbons (Fsp3) is 0.625. The molecular formula is C16H24F3N. The molecule has 0 amide bonds. The van der Waals surface area contributed by atoms with Crippen molar-refractivity contribution < 1.29 is 13.2 Å². The lowest BCUT2D eigenvalue weighted by atomic mass is 9.99. The molecule has 1 aromatic carbocycles. The molecule has 1 atom stereocenters. The monoisotopic (exact) mass is 287 g/mol. The number of alkyl halides is 3. The van der Waals surface area contributed by atoms with Gasteiger partial charge in [0.15, 0.2) is 0 Å². The fourth-order valence-electron chi connectivity index (χ4n) is 2.19. The van der Waals surface area contributed by atoms with Gasteiger partial charge in [-0.05, 0) is 37.0 Å². The zero-order chi connectivity index (χ0) is 15.2. The molecule has 0 spiro atoms. The Morgan fingerprint density at radius 3 is 2.45 bits per heavy atom. The maximum atomic E-state index is 12.7. The van der Waals surface area contributed by atoms with Gasteiger partial charge in [0.25, 0.3) is 0 Å². The molecule has 1 unspecified atom stereocenters. The van der Waals surface area contributed by atoms with Crippen LogP contribution in [0, 0.1) is 12.8 Å². The number of aryl methyl sites for hydroxylation is 1. The highest BCUT2D eigenvalue weighted by Crippen LogP contribution is 2.32. The smallest absolute Gasteiger partial charge is 0.385 e. The third kappa shape index (κ3) is 5.06. The minimum absolute atomic E-state index is 0.517. The number of anilines is 1. The molecule has 0 aliphatic carbocycles. The highest BCUT2D eigenvalue weighted by atomic mass is 19.4. The Balaban J connectivity index is 2.71. The first-order valence-electron chi connectivity index (χ1n) is 7.30. The van der Waals surface area contributed by atoms with E-state index >= 15 is 0 Å². The minimum atomic E-state index is -4.28. The summed E-state index contributed by atoms with van der Waals surface area (Å²) in [7, 11) is 0. The standard InChI is InChI=1S/C16H24F3N/c1-4-6-7-13(5-2)11-20-15-10-14(16(17,18)19)9-8-12(15)3/h8-10,13,20H,4-7,11H2,1-3H3. The van der Waals surface area contributed by atoms with E-state index in [-0.39, 0.29) is 0 Å². The Hall–Kier alpha value is -1.19. The Morgan fingerprint density at radius 1 is 1.20 bits per heavy atom. The number of hydrogen-bond acceptors (Lipinski definition) is 1. The SMILES string of the molecule is CCCCC(CC)CNc1cc(C(F)(F)F)ccc1C. The van der Waals surface area contributed by atoms with Crippen LogP contribution in [0.25, 0.3) is 0 Å².